The summed E-state index contributed by atoms with van der Waals surface area (Å²) in [6.45, 7) is 10.2. The molecule has 1 aliphatic rings. The highest BCUT2D eigenvalue weighted by atomic mass is 32.5. The molecule has 0 saturated carbocycles. The van der Waals surface area contributed by atoms with Crippen molar-refractivity contribution < 1.29 is 9.05 Å². The number of hydrogen-bond donors (Lipinski definition) is 1. The summed E-state index contributed by atoms with van der Waals surface area (Å²) in [5.41, 5.74) is 1.40. The summed E-state index contributed by atoms with van der Waals surface area (Å²) in [5, 5.41) is 3.40. The second-order valence-electron chi connectivity index (χ2n) is 6.83. The van der Waals surface area contributed by atoms with Crippen LogP contribution in [0.3, 0.4) is 0 Å². The third kappa shape index (κ3) is 8.47. The minimum absolute atomic E-state index is 0.367. The lowest BCUT2D eigenvalue weighted by molar-refractivity contribution is 0.246. The van der Waals surface area contributed by atoms with E-state index in [9.17, 15) is 0 Å². The SMILES string of the molecule is CC(C)=CCCC(C)CCOP1(=S)N[C@@H](CC(C)C)CO1. The average Bonchev–Trinajstić information content (AvgIpc) is 2.69. The van der Waals surface area contributed by atoms with Gasteiger partial charge in [0.2, 0.25) is 0 Å². The molecular weight excluding hydrogens is 301 g/mol. The highest BCUT2D eigenvalue weighted by molar-refractivity contribution is 8.09. The van der Waals surface area contributed by atoms with Gasteiger partial charge in [-0.2, -0.15) is 0 Å². The lowest BCUT2D eigenvalue weighted by atomic mass is 10.0. The van der Waals surface area contributed by atoms with E-state index in [1.165, 1.54) is 12.0 Å². The van der Waals surface area contributed by atoms with Crippen LogP contribution in [0.25, 0.3) is 0 Å². The van der Waals surface area contributed by atoms with E-state index in [1.807, 2.05) is 0 Å². The fraction of sp³-hybridized carbons (Fsp3) is 0.875. The maximum absolute atomic E-state index is 5.88. The van der Waals surface area contributed by atoms with Gasteiger partial charge in [-0.15, -0.1) is 0 Å². The van der Waals surface area contributed by atoms with Gasteiger partial charge in [0.15, 0.2) is 0 Å². The zero-order valence-corrected chi connectivity index (χ0v) is 15.9. The van der Waals surface area contributed by atoms with Crippen LogP contribution in [0.1, 0.15) is 60.3 Å². The van der Waals surface area contributed by atoms with E-state index in [0.717, 1.165) is 19.3 Å². The summed E-state index contributed by atoms with van der Waals surface area (Å²) in [5.74, 6) is 1.32. The Bertz CT molecular complexity index is 380. The van der Waals surface area contributed by atoms with E-state index >= 15 is 0 Å². The van der Waals surface area contributed by atoms with Crippen LogP contribution in [0.2, 0.25) is 0 Å². The van der Waals surface area contributed by atoms with E-state index < -0.39 is 6.64 Å². The standard InChI is InChI=1S/C16H32NO2PS/c1-13(2)7-6-8-15(5)9-10-18-20(21)17-16(12-19-20)11-14(3)4/h7,14-16H,6,8-12H2,1-5H3,(H,17,21)/t15?,16-,20?/m0/s1. The molecule has 0 bridgehead atoms. The maximum atomic E-state index is 5.88. The van der Waals surface area contributed by atoms with Crippen LogP contribution < -0.4 is 5.09 Å². The number of nitrogens with one attached hydrogen (secondary N) is 1. The molecule has 21 heavy (non-hydrogen) atoms. The summed E-state index contributed by atoms with van der Waals surface area (Å²) >= 11 is 5.52. The molecule has 1 fully saturated rings. The Morgan fingerprint density at radius 1 is 1.38 bits per heavy atom. The molecule has 0 aromatic heterocycles. The molecule has 0 aromatic rings. The first kappa shape index (κ1) is 19.3. The first-order valence-electron chi connectivity index (χ1n) is 8.11. The van der Waals surface area contributed by atoms with Crippen LogP contribution in [0.15, 0.2) is 11.6 Å². The van der Waals surface area contributed by atoms with Crippen molar-refractivity contribution in [1.82, 2.24) is 5.09 Å². The summed E-state index contributed by atoms with van der Waals surface area (Å²) in [6, 6.07) is 0.367. The van der Waals surface area contributed by atoms with Gasteiger partial charge >= 0.3 is 0 Å². The Labute approximate surface area is 136 Å². The highest BCUT2D eigenvalue weighted by Gasteiger charge is 2.32. The quantitative estimate of drug-likeness (QED) is 0.473. The Kier molecular flexibility index (Phi) is 8.66. The van der Waals surface area contributed by atoms with Crippen molar-refractivity contribution in [2.45, 2.75) is 66.3 Å². The molecule has 3 nitrogen and oxygen atoms in total. The van der Waals surface area contributed by atoms with E-state index in [0.29, 0.717) is 31.1 Å². The van der Waals surface area contributed by atoms with Crippen molar-refractivity contribution in [3.05, 3.63) is 11.6 Å². The number of hydrogen-bond acceptors (Lipinski definition) is 3. The smallest absolute Gasteiger partial charge is 0.261 e. The Morgan fingerprint density at radius 2 is 2.10 bits per heavy atom. The van der Waals surface area contributed by atoms with Crippen LogP contribution in [0, 0.1) is 11.8 Å². The molecule has 1 aliphatic heterocycles. The van der Waals surface area contributed by atoms with Gasteiger partial charge < -0.3 is 9.05 Å². The van der Waals surface area contributed by atoms with E-state index in [1.54, 1.807) is 0 Å². The van der Waals surface area contributed by atoms with Crippen molar-refractivity contribution in [1.29, 1.82) is 0 Å². The maximum Gasteiger partial charge on any atom is 0.261 e. The summed E-state index contributed by atoms with van der Waals surface area (Å²) < 4.78 is 11.6. The minimum atomic E-state index is -2.21. The van der Waals surface area contributed by atoms with Gasteiger partial charge in [-0.1, -0.05) is 32.4 Å². The van der Waals surface area contributed by atoms with Crippen LogP contribution in [0.4, 0.5) is 0 Å². The molecule has 124 valence electrons. The van der Waals surface area contributed by atoms with Crippen molar-refractivity contribution in [2.24, 2.45) is 11.8 Å². The van der Waals surface area contributed by atoms with E-state index in [-0.39, 0.29) is 0 Å². The van der Waals surface area contributed by atoms with Gasteiger partial charge in [0, 0.05) is 6.04 Å². The van der Waals surface area contributed by atoms with Gasteiger partial charge in [-0.05, 0) is 63.2 Å². The fourth-order valence-electron chi connectivity index (χ4n) is 2.43. The molecular formula is C16H32NO2PS. The predicted octanol–water partition coefficient (Wildman–Crippen LogP) is 5.03. The minimum Gasteiger partial charge on any atom is -0.318 e. The van der Waals surface area contributed by atoms with Crippen LogP contribution in [-0.2, 0) is 20.9 Å². The zero-order chi connectivity index (χ0) is 15.9. The molecule has 3 atom stereocenters. The van der Waals surface area contributed by atoms with Crippen LogP contribution in [-0.4, -0.2) is 19.3 Å². The van der Waals surface area contributed by atoms with Crippen molar-refractivity contribution in [3.8, 4) is 0 Å². The molecule has 1 heterocycles. The molecule has 1 rings (SSSR count). The van der Waals surface area contributed by atoms with E-state index in [4.69, 9.17) is 20.9 Å². The van der Waals surface area contributed by atoms with Gasteiger partial charge in [0.1, 0.15) is 0 Å². The molecule has 2 unspecified atom stereocenters. The summed E-state index contributed by atoms with van der Waals surface area (Å²) in [6.07, 6.45) is 6.82. The molecule has 0 spiro atoms. The average molecular weight is 333 g/mol. The molecule has 1 N–H and O–H groups in total. The lowest BCUT2D eigenvalue weighted by Crippen LogP contribution is -2.24. The summed E-state index contributed by atoms with van der Waals surface area (Å²) in [4.78, 5) is 0. The third-order valence-corrected chi connectivity index (χ3v) is 6.27. The molecule has 5 heteroatoms. The second kappa shape index (κ2) is 9.42. The van der Waals surface area contributed by atoms with Gasteiger partial charge in [0.25, 0.3) is 6.64 Å². The predicted molar refractivity (Wildman–Crippen MR) is 95.0 cm³/mol. The normalized spacial score (nSPS) is 27.0. The topological polar surface area (TPSA) is 30.5 Å². The van der Waals surface area contributed by atoms with Gasteiger partial charge in [-0.25, -0.2) is 5.09 Å². The lowest BCUT2D eigenvalue weighted by Gasteiger charge is -2.18. The first-order valence-corrected chi connectivity index (χ1v) is 10.7. The van der Waals surface area contributed by atoms with Crippen molar-refractivity contribution >= 4 is 18.4 Å². The van der Waals surface area contributed by atoms with Crippen molar-refractivity contribution in [2.75, 3.05) is 13.2 Å². The third-order valence-electron chi connectivity index (χ3n) is 3.63. The fourth-order valence-corrected chi connectivity index (χ4v) is 4.85. The Morgan fingerprint density at radius 3 is 2.71 bits per heavy atom. The molecule has 0 radical (unpaired) electrons. The zero-order valence-electron chi connectivity index (χ0n) is 14.2. The van der Waals surface area contributed by atoms with Gasteiger partial charge in [-0.3, -0.25) is 0 Å². The summed E-state index contributed by atoms with van der Waals surface area (Å²) in [7, 11) is 0. The van der Waals surface area contributed by atoms with E-state index in [2.05, 4.69) is 45.8 Å². The van der Waals surface area contributed by atoms with Crippen molar-refractivity contribution in [3.63, 3.8) is 0 Å². The monoisotopic (exact) mass is 333 g/mol. The Balaban J connectivity index is 2.20. The molecule has 1 saturated heterocycles. The Hall–Kier alpha value is 0.270. The van der Waals surface area contributed by atoms with Gasteiger partial charge in [0.05, 0.1) is 13.2 Å². The number of rotatable bonds is 9. The molecule has 0 aliphatic carbocycles. The largest absolute Gasteiger partial charge is 0.318 e. The molecule has 0 aromatic carbocycles. The number of allylic oxidation sites excluding steroid dienone is 2. The highest BCUT2D eigenvalue weighted by Crippen LogP contribution is 2.49. The first-order chi connectivity index (χ1) is 9.81. The molecule has 0 amide bonds. The van der Waals surface area contributed by atoms with Crippen LogP contribution in [0.5, 0.6) is 0 Å². The van der Waals surface area contributed by atoms with Crippen LogP contribution >= 0.6 is 6.64 Å². The second-order valence-corrected chi connectivity index (χ2v) is 10.0.